The lowest BCUT2D eigenvalue weighted by Crippen LogP contribution is -2.43. The monoisotopic (exact) mass is 289 g/mol. The highest BCUT2D eigenvalue weighted by Gasteiger charge is 2.26. The van der Waals surface area contributed by atoms with Crippen LogP contribution in [0.25, 0.3) is 0 Å². The third kappa shape index (κ3) is 3.82. The van der Waals surface area contributed by atoms with Gasteiger partial charge in [-0.05, 0) is 24.0 Å². The van der Waals surface area contributed by atoms with Crippen molar-refractivity contribution in [1.82, 2.24) is 10.2 Å². The summed E-state index contributed by atoms with van der Waals surface area (Å²) in [5, 5.41) is 2.68. The Morgan fingerprint density at radius 2 is 1.86 bits per heavy atom. The van der Waals surface area contributed by atoms with Crippen LogP contribution in [-0.2, 0) is 22.6 Å². The maximum absolute atomic E-state index is 12.4. The first-order valence-corrected chi connectivity index (χ1v) is 7.42. The molecule has 0 bridgehead atoms. The molecule has 0 aromatic heterocycles. The second-order valence-corrected chi connectivity index (χ2v) is 5.42. The van der Waals surface area contributed by atoms with E-state index in [0.29, 0.717) is 26.1 Å². The zero-order valence-electron chi connectivity index (χ0n) is 12.5. The Kier molecular flexibility index (Phi) is 5.33. The fourth-order valence-corrected chi connectivity index (χ4v) is 2.80. The lowest BCUT2D eigenvalue weighted by molar-refractivity contribution is -0.134. The summed E-state index contributed by atoms with van der Waals surface area (Å²) < 4.78 is 0. The predicted molar refractivity (Wildman–Crippen MR) is 81.4 cm³/mol. The molecule has 1 aromatic rings. The first-order valence-electron chi connectivity index (χ1n) is 7.42. The van der Waals surface area contributed by atoms with Crippen molar-refractivity contribution in [3.8, 4) is 0 Å². The molecule has 0 spiro atoms. The molecule has 114 valence electrons. The van der Waals surface area contributed by atoms with Crippen LogP contribution < -0.4 is 11.1 Å². The summed E-state index contributed by atoms with van der Waals surface area (Å²) in [4.78, 5) is 25.8. The smallest absolute Gasteiger partial charge is 0.227 e. The van der Waals surface area contributed by atoms with E-state index < -0.39 is 0 Å². The molecule has 1 saturated heterocycles. The third-order valence-corrected chi connectivity index (χ3v) is 4.14. The van der Waals surface area contributed by atoms with Gasteiger partial charge in [0.15, 0.2) is 0 Å². The van der Waals surface area contributed by atoms with Crippen molar-refractivity contribution in [3.05, 3.63) is 35.4 Å². The van der Waals surface area contributed by atoms with Gasteiger partial charge in [0.05, 0.1) is 6.42 Å². The quantitative estimate of drug-likeness (QED) is 0.855. The van der Waals surface area contributed by atoms with Crippen molar-refractivity contribution in [1.29, 1.82) is 0 Å². The minimum Gasteiger partial charge on any atom is -0.359 e. The van der Waals surface area contributed by atoms with E-state index in [9.17, 15) is 9.59 Å². The highest BCUT2D eigenvalue weighted by atomic mass is 16.2. The van der Waals surface area contributed by atoms with Gasteiger partial charge in [-0.15, -0.1) is 0 Å². The van der Waals surface area contributed by atoms with Crippen molar-refractivity contribution < 1.29 is 9.59 Å². The number of nitrogens with zero attached hydrogens (tertiary/aromatic N) is 1. The fourth-order valence-electron chi connectivity index (χ4n) is 2.80. The van der Waals surface area contributed by atoms with Crippen molar-refractivity contribution in [2.75, 3.05) is 20.1 Å². The predicted octanol–water partition coefficient (Wildman–Crippen LogP) is 0.672. The number of amides is 2. The number of nitrogens with one attached hydrogen (secondary N) is 1. The van der Waals surface area contributed by atoms with Gasteiger partial charge in [0.2, 0.25) is 11.8 Å². The summed E-state index contributed by atoms with van der Waals surface area (Å²) in [7, 11) is 1.66. The molecule has 0 atom stereocenters. The highest BCUT2D eigenvalue weighted by Crippen LogP contribution is 2.19. The van der Waals surface area contributed by atoms with Gasteiger partial charge < -0.3 is 16.0 Å². The van der Waals surface area contributed by atoms with Crippen LogP contribution in [0, 0.1) is 5.92 Å². The molecule has 5 heteroatoms. The highest BCUT2D eigenvalue weighted by molar-refractivity contribution is 5.81. The van der Waals surface area contributed by atoms with Gasteiger partial charge in [-0.25, -0.2) is 0 Å². The first-order chi connectivity index (χ1) is 10.2. The summed E-state index contributed by atoms with van der Waals surface area (Å²) in [6.07, 6.45) is 1.87. The third-order valence-electron chi connectivity index (χ3n) is 4.14. The SMILES string of the molecule is CNC(=O)C1CCN(C(=O)Cc2ccccc2CN)CC1. The van der Waals surface area contributed by atoms with Crippen LogP contribution in [0.2, 0.25) is 0 Å². The Balaban J connectivity index is 1.92. The summed E-state index contributed by atoms with van der Waals surface area (Å²) in [6, 6.07) is 7.78. The molecule has 1 aliphatic heterocycles. The minimum absolute atomic E-state index is 0.0374. The lowest BCUT2D eigenvalue weighted by atomic mass is 9.95. The fraction of sp³-hybridized carbons (Fsp3) is 0.500. The second kappa shape index (κ2) is 7.22. The number of piperidine rings is 1. The van der Waals surface area contributed by atoms with Crippen LogP contribution in [0.5, 0.6) is 0 Å². The van der Waals surface area contributed by atoms with Crippen LogP contribution >= 0.6 is 0 Å². The van der Waals surface area contributed by atoms with Crippen LogP contribution in [-0.4, -0.2) is 36.9 Å². The molecule has 0 saturated carbocycles. The average Bonchev–Trinajstić information content (AvgIpc) is 2.54. The Morgan fingerprint density at radius 3 is 2.43 bits per heavy atom. The Labute approximate surface area is 125 Å². The van der Waals surface area contributed by atoms with Crippen molar-refractivity contribution in [2.24, 2.45) is 11.7 Å². The molecule has 0 radical (unpaired) electrons. The van der Waals surface area contributed by atoms with Gasteiger partial charge in [0.25, 0.3) is 0 Å². The molecule has 1 aromatic carbocycles. The lowest BCUT2D eigenvalue weighted by Gasteiger charge is -2.31. The molecular weight excluding hydrogens is 266 g/mol. The summed E-state index contributed by atoms with van der Waals surface area (Å²) in [5.41, 5.74) is 7.72. The number of carbonyl (C=O) groups is 2. The summed E-state index contributed by atoms with van der Waals surface area (Å²) in [6.45, 7) is 1.76. The number of rotatable bonds is 4. The normalized spacial score (nSPS) is 15.8. The molecule has 2 rings (SSSR count). The van der Waals surface area contributed by atoms with E-state index in [1.165, 1.54) is 0 Å². The van der Waals surface area contributed by atoms with Crippen LogP contribution in [0.15, 0.2) is 24.3 Å². The van der Waals surface area contributed by atoms with Crippen LogP contribution in [0.4, 0.5) is 0 Å². The van der Waals surface area contributed by atoms with Crippen LogP contribution in [0.1, 0.15) is 24.0 Å². The number of benzene rings is 1. The molecule has 0 unspecified atom stereocenters. The first kappa shape index (κ1) is 15.5. The zero-order valence-corrected chi connectivity index (χ0v) is 12.5. The Morgan fingerprint density at radius 1 is 1.24 bits per heavy atom. The molecule has 5 nitrogen and oxygen atoms in total. The van der Waals surface area contributed by atoms with E-state index >= 15 is 0 Å². The standard InChI is InChI=1S/C16H23N3O2/c1-18-16(21)12-6-8-19(9-7-12)15(20)10-13-4-2-3-5-14(13)11-17/h2-5,12H,6-11,17H2,1H3,(H,18,21). The van der Waals surface area contributed by atoms with E-state index in [0.717, 1.165) is 24.0 Å². The van der Waals surface area contributed by atoms with Gasteiger partial charge in [0, 0.05) is 32.6 Å². The van der Waals surface area contributed by atoms with Gasteiger partial charge in [0.1, 0.15) is 0 Å². The molecular formula is C16H23N3O2. The minimum atomic E-state index is 0.0374. The maximum atomic E-state index is 12.4. The average molecular weight is 289 g/mol. The van der Waals surface area contributed by atoms with E-state index in [4.69, 9.17) is 5.73 Å². The van der Waals surface area contributed by atoms with Gasteiger partial charge in [-0.3, -0.25) is 9.59 Å². The molecule has 1 fully saturated rings. The Hall–Kier alpha value is -1.88. The van der Waals surface area contributed by atoms with E-state index in [-0.39, 0.29) is 17.7 Å². The van der Waals surface area contributed by atoms with E-state index in [2.05, 4.69) is 5.32 Å². The van der Waals surface area contributed by atoms with Gasteiger partial charge in [-0.2, -0.15) is 0 Å². The van der Waals surface area contributed by atoms with Gasteiger partial charge in [-0.1, -0.05) is 24.3 Å². The second-order valence-electron chi connectivity index (χ2n) is 5.42. The van der Waals surface area contributed by atoms with E-state index in [1.54, 1.807) is 7.05 Å². The van der Waals surface area contributed by atoms with Crippen molar-refractivity contribution >= 4 is 11.8 Å². The van der Waals surface area contributed by atoms with Crippen molar-refractivity contribution in [2.45, 2.75) is 25.8 Å². The van der Waals surface area contributed by atoms with Crippen molar-refractivity contribution in [3.63, 3.8) is 0 Å². The maximum Gasteiger partial charge on any atom is 0.227 e. The number of hydrogen-bond donors (Lipinski definition) is 2. The Bertz CT molecular complexity index is 508. The summed E-state index contributed by atoms with van der Waals surface area (Å²) >= 11 is 0. The molecule has 21 heavy (non-hydrogen) atoms. The number of carbonyl (C=O) groups excluding carboxylic acids is 2. The van der Waals surface area contributed by atoms with Crippen LogP contribution in [0.3, 0.4) is 0 Å². The molecule has 2 amide bonds. The topological polar surface area (TPSA) is 75.4 Å². The molecule has 1 heterocycles. The molecule has 0 aliphatic carbocycles. The zero-order chi connectivity index (χ0) is 15.2. The van der Waals surface area contributed by atoms with Gasteiger partial charge >= 0.3 is 0 Å². The summed E-state index contributed by atoms with van der Waals surface area (Å²) in [5.74, 6) is 0.234. The number of likely N-dealkylation sites (tertiary alicyclic amines) is 1. The largest absolute Gasteiger partial charge is 0.359 e. The van der Waals surface area contributed by atoms with E-state index in [1.807, 2.05) is 29.2 Å². The number of nitrogens with two attached hydrogens (primary N) is 1. The molecule has 1 aliphatic rings. The number of hydrogen-bond acceptors (Lipinski definition) is 3. The molecule has 3 N–H and O–H groups in total.